The first-order chi connectivity index (χ1) is 12.3. The summed E-state index contributed by atoms with van der Waals surface area (Å²) in [6, 6.07) is 4.70. The SMILES string of the molecule is COCCN(CC1CCCN2CCCCC12)C(=O)CCn1cccc1. The molecule has 0 N–H and O–H groups in total. The maximum Gasteiger partial charge on any atom is 0.224 e. The predicted molar refractivity (Wildman–Crippen MR) is 99.4 cm³/mol. The lowest BCUT2D eigenvalue weighted by Crippen LogP contribution is -2.52. The molecule has 0 bridgehead atoms. The van der Waals surface area contributed by atoms with Crippen LogP contribution in [0.1, 0.15) is 38.5 Å². The van der Waals surface area contributed by atoms with Gasteiger partial charge in [0.25, 0.3) is 0 Å². The second kappa shape index (κ2) is 9.39. The van der Waals surface area contributed by atoms with E-state index in [-0.39, 0.29) is 5.91 Å². The summed E-state index contributed by atoms with van der Waals surface area (Å²) in [5, 5.41) is 0. The Morgan fingerprint density at radius 1 is 1.16 bits per heavy atom. The van der Waals surface area contributed by atoms with E-state index >= 15 is 0 Å². The summed E-state index contributed by atoms with van der Waals surface area (Å²) in [5.41, 5.74) is 0. The third-order valence-electron chi connectivity index (χ3n) is 5.85. The zero-order valence-corrected chi connectivity index (χ0v) is 15.6. The Morgan fingerprint density at radius 2 is 1.96 bits per heavy atom. The molecule has 0 radical (unpaired) electrons. The van der Waals surface area contributed by atoms with Crippen molar-refractivity contribution < 1.29 is 9.53 Å². The van der Waals surface area contributed by atoms with E-state index in [2.05, 4.69) is 14.4 Å². The van der Waals surface area contributed by atoms with E-state index in [0.29, 0.717) is 31.5 Å². The summed E-state index contributed by atoms with van der Waals surface area (Å²) >= 11 is 0. The van der Waals surface area contributed by atoms with Crippen LogP contribution in [-0.2, 0) is 16.1 Å². The molecule has 1 aromatic heterocycles. The molecule has 0 saturated carbocycles. The average Bonchev–Trinajstić information content (AvgIpc) is 3.17. The number of fused-ring (bicyclic) bond motifs is 1. The van der Waals surface area contributed by atoms with E-state index in [9.17, 15) is 4.79 Å². The molecule has 2 aliphatic rings. The number of aryl methyl sites for hydroxylation is 1. The van der Waals surface area contributed by atoms with Crippen LogP contribution in [0.25, 0.3) is 0 Å². The number of nitrogens with zero attached hydrogens (tertiary/aromatic N) is 3. The Hall–Kier alpha value is -1.33. The van der Waals surface area contributed by atoms with E-state index in [4.69, 9.17) is 4.74 Å². The van der Waals surface area contributed by atoms with Crippen LogP contribution in [0, 0.1) is 5.92 Å². The molecule has 5 heteroatoms. The van der Waals surface area contributed by atoms with Gasteiger partial charge in [0.15, 0.2) is 0 Å². The highest BCUT2D eigenvalue weighted by molar-refractivity contribution is 5.76. The molecular formula is C20H33N3O2. The summed E-state index contributed by atoms with van der Waals surface area (Å²) in [4.78, 5) is 17.6. The Labute approximate surface area is 151 Å². The van der Waals surface area contributed by atoms with Crippen LogP contribution in [0.15, 0.2) is 24.5 Å². The lowest BCUT2D eigenvalue weighted by atomic mass is 9.83. The normalized spacial score (nSPS) is 24.0. The van der Waals surface area contributed by atoms with Gasteiger partial charge in [0.05, 0.1) is 6.61 Å². The topological polar surface area (TPSA) is 37.7 Å². The Balaban J connectivity index is 1.57. The summed E-state index contributed by atoms with van der Waals surface area (Å²) in [6.07, 6.45) is 11.1. The van der Waals surface area contributed by atoms with Crippen molar-refractivity contribution >= 4 is 5.91 Å². The third kappa shape index (κ3) is 5.08. The van der Waals surface area contributed by atoms with E-state index < -0.39 is 0 Å². The Kier molecular flexibility index (Phi) is 6.93. The summed E-state index contributed by atoms with van der Waals surface area (Å²) in [7, 11) is 1.71. The maximum atomic E-state index is 12.8. The monoisotopic (exact) mass is 347 g/mol. The van der Waals surface area contributed by atoms with Crippen LogP contribution < -0.4 is 0 Å². The number of hydrogen-bond acceptors (Lipinski definition) is 3. The molecule has 25 heavy (non-hydrogen) atoms. The van der Waals surface area contributed by atoms with E-state index in [1.54, 1.807) is 7.11 Å². The first-order valence-corrected chi connectivity index (χ1v) is 9.89. The predicted octanol–water partition coefficient (Wildman–Crippen LogP) is 2.62. The number of aromatic nitrogens is 1. The molecule has 2 saturated heterocycles. The van der Waals surface area contributed by atoms with Gasteiger partial charge in [-0.1, -0.05) is 6.42 Å². The standard InChI is InChI=1S/C20H33N3O2/c1-25-16-15-23(20(24)9-14-21-10-4-5-11-21)17-18-7-6-13-22-12-3-2-8-19(18)22/h4-5,10-11,18-19H,2-3,6-9,12-17H2,1H3. The van der Waals surface area contributed by atoms with Crippen molar-refractivity contribution in [3.8, 4) is 0 Å². The third-order valence-corrected chi connectivity index (χ3v) is 5.85. The molecule has 0 spiro atoms. The van der Waals surface area contributed by atoms with Gasteiger partial charge in [0.2, 0.25) is 5.91 Å². The lowest BCUT2D eigenvalue weighted by molar-refractivity contribution is -0.133. The molecule has 1 amide bonds. The number of methoxy groups -OCH3 is 1. The lowest BCUT2D eigenvalue weighted by Gasteiger charge is -2.45. The molecule has 2 unspecified atom stereocenters. The van der Waals surface area contributed by atoms with Gasteiger partial charge in [0.1, 0.15) is 0 Å². The van der Waals surface area contributed by atoms with Gasteiger partial charge in [-0.3, -0.25) is 4.79 Å². The number of piperidine rings is 2. The van der Waals surface area contributed by atoms with Crippen LogP contribution in [0.4, 0.5) is 0 Å². The smallest absolute Gasteiger partial charge is 0.224 e. The Morgan fingerprint density at radius 3 is 2.76 bits per heavy atom. The number of hydrogen-bond donors (Lipinski definition) is 0. The van der Waals surface area contributed by atoms with Gasteiger partial charge in [0, 0.05) is 51.6 Å². The highest BCUT2D eigenvalue weighted by Crippen LogP contribution is 2.31. The minimum atomic E-state index is 0.263. The average molecular weight is 348 g/mol. The van der Waals surface area contributed by atoms with Crippen molar-refractivity contribution in [2.45, 2.75) is 51.1 Å². The number of carbonyl (C=O) groups is 1. The molecule has 5 nitrogen and oxygen atoms in total. The van der Waals surface area contributed by atoms with Crippen molar-refractivity contribution in [1.29, 1.82) is 0 Å². The highest BCUT2D eigenvalue weighted by Gasteiger charge is 2.34. The van der Waals surface area contributed by atoms with E-state index in [1.165, 1.54) is 45.2 Å². The number of amides is 1. The number of ether oxygens (including phenoxy) is 1. The molecule has 2 aliphatic heterocycles. The second-order valence-corrected chi connectivity index (χ2v) is 7.50. The largest absolute Gasteiger partial charge is 0.383 e. The van der Waals surface area contributed by atoms with Crippen LogP contribution in [0.3, 0.4) is 0 Å². The van der Waals surface area contributed by atoms with Crippen molar-refractivity contribution in [3.63, 3.8) is 0 Å². The quantitative estimate of drug-likeness (QED) is 0.725. The second-order valence-electron chi connectivity index (χ2n) is 7.50. The highest BCUT2D eigenvalue weighted by atomic mass is 16.5. The van der Waals surface area contributed by atoms with Gasteiger partial charge in [-0.25, -0.2) is 0 Å². The van der Waals surface area contributed by atoms with Gasteiger partial charge >= 0.3 is 0 Å². The van der Waals surface area contributed by atoms with Crippen LogP contribution in [0.5, 0.6) is 0 Å². The molecular weight excluding hydrogens is 314 g/mol. The van der Waals surface area contributed by atoms with Gasteiger partial charge in [-0.15, -0.1) is 0 Å². The number of rotatable bonds is 8. The van der Waals surface area contributed by atoms with Crippen LogP contribution >= 0.6 is 0 Å². The molecule has 0 aliphatic carbocycles. The molecule has 140 valence electrons. The van der Waals surface area contributed by atoms with Crippen LogP contribution in [0.2, 0.25) is 0 Å². The minimum absolute atomic E-state index is 0.263. The zero-order valence-electron chi connectivity index (χ0n) is 15.6. The number of carbonyl (C=O) groups excluding carboxylic acids is 1. The molecule has 3 rings (SSSR count). The molecule has 2 fully saturated rings. The van der Waals surface area contributed by atoms with Gasteiger partial charge < -0.3 is 19.1 Å². The first-order valence-electron chi connectivity index (χ1n) is 9.89. The van der Waals surface area contributed by atoms with Gasteiger partial charge in [-0.05, 0) is 56.8 Å². The fraction of sp³-hybridized carbons (Fsp3) is 0.750. The fourth-order valence-electron chi connectivity index (χ4n) is 4.49. The van der Waals surface area contributed by atoms with E-state index in [1.807, 2.05) is 24.5 Å². The van der Waals surface area contributed by atoms with Crippen LogP contribution in [-0.4, -0.2) is 66.2 Å². The molecule has 0 aromatic carbocycles. The molecule has 2 atom stereocenters. The minimum Gasteiger partial charge on any atom is -0.383 e. The zero-order chi connectivity index (χ0) is 17.5. The van der Waals surface area contributed by atoms with Crippen molar-refractivity contribution in [2.24, 2.45) is 5.92 Å². The van der Waals surface area contributed by atoms with Gasteiger partial charge in [-0.2, -0.15) is 0 Å². The van der Waals surface area contributed by atoms with Crippen molar-refractivity contribution in [3.05, 3.63) is 24.5 Å². The van der Waals surface area contributed by atoms with Crippen molar-refractivity contribution in [2.75, 3.05) is 39.9 Å². The summed E-state index contributed by atoms with van der Waals surface area (Å²) in [6.45, 7) is 5.49. The van der Waals surface area contributed by atoms with Crippen molar-refractivity contribution in [1.82, 2.24) is 14.4 Å². The summed E-state index contributed by atoms with van der Waals surface area (Å²) < 4.78 is 7.34. The summed E-state index contributed by atoms with van der Waals surface area (Å²) in [5.74, 6) is 0.889. The van der Waals surface area contributed by atoms with E-state index in [0.717, 1.165) is 13.1 Å². The fourth-order valence-corrected chi connectivity index (χ4v) is 4.49. The molecule has 1 aromatic rings. The molecule has 3 heterocycles. The Bertz CT molecular complexity index is 515. The maximum absolute atomic E-state index is 12.8. The first kappa shape index (κ1) is 18.5.